The number of rotatable bonds is 2. The van der Waals surface area contributed by atoms with E-state index in [0.717, 1.165) is 11.1 Å². The van der Waals surface area contributed by atoms with Crippen molar-refractivity contribution < 1.29 is 0 Å². The van der Waals surface area contributed by atoms with E-state index in [1.165, 1.54) is 11.3 Å². The third-order valence-corrected chi connectivity index (χ3v) is 4.60. The van der Waals surface area contributed by atoms with E-state index >= 15 is 0 Å². The molecule has 114 valence electrons. The van der Waals surface area contributed by atoms with Crippen molar-refractivity contribution in [3.05, 3.63) is 70.0 Å². The molecule has 0 spiro atoms. The number of H-pyrrole nitrogens is 1. The van der Waals surface area contributed by atoms with Crippen molar-refractivity contribution in [3.8, 4) is 28.7 Å². The van der Waals surface area contributed by atoms with Gasteiger partial charge < -0.3 is 4.98 Å². The molecule has 0 aliphatic rings. The molecule has 1 aromatic carbocycles. The summed E-state index contributed by atoms with van der Waals surface area (Å²) in [7, 11) is 0. The molecule has 3 aromatic heterocycles. The fourth-order valence-electron chi connectivity index (χ4n) is 2.51. The van der Waals surface area contributed by atoms with Crippen LogP contribution in [0.5, 0.6) is 0 Å². The van der Waals surface area contributed by atoms with Crippen LogP contribution in [0, 0.1) is 11.3 Å². The number of thiophene rings is 1. The van der Waals surface area contributed by atoms with E-state index < -0.39 is 0 Å². The molecule has 5 nitrogen and oxygen atoms in total. The summed E-state index contributed by atoms with van der Waals surface area (Å²) in [6.45, 7) is 0. The predicted molar refractivity (Wildman–Crippen MR) is 93.6 cm³/mol. The topological polar surface area (TPSA) is 82.4 Å². The largest absolute Gasteiger partial charge is 0.304 e. The van der Waals surface area contributed by atoms with Crippen LogP contribution in [0.15, 0.2) is 58.8 Å². The third-order valence-electron chi connectivity index (χ3n) is 3.64. The Morgan fingerprint density at radius 3 is 2.88 bits per heavy atom. The minimum Gasteiger partial charge on any atom is -0.304 e. The lowest BCUT2D eigenvalue weighted by molar-refractivity contribution is 1.15. The summed E-state index contributed by atoms with van der Waals surface area (Å²) < 4.78 is 0.562. The molecule has 0 bridgehead atoms. The first kappa shape index (κ1) is 14.3. The van der Waals surface area contributed by atoms with Crippen molar-refractivity contribution in [1.29, 1.82) is 5.26 Å². The van der Waals surface area contributed by atoms with Gasteiger partial charge in [-0.1, -0.05) is 18.2 Å². The van der Waals surface area contributed by atoms with Gasteiger partial charge in [0, 0.05) is 17.1 Å². The van der Waals surface area contributed by atoms with Crippen LogP contribution in [0.4, 0.5) is 0 Å². The van der Waals surface area contributed by atoms with Gasteiger partial charge in [-0.3, -0.25) is 9.78 Å². The smallest absolute Gasteiger partial charge is 0.269 e. The molecule has 0 fully saturated rings. The Balaban J connectivity index is 1.97. The van der Waals surface area contributed by atoms with E-state index in [4.69, 9.17) is 5.26 Å². The van der Waals surface area contributed by atoms with Crippen LogP contribution in [0.2, 0.25) is 0 Å². The second-order valence-corrected chi connectivity index (χ2v) is 6.03. The van der Waals surface area contributed by atoms with Crippen molar-refractivity contribution in [2.75, 3.05) is 0 Å². The summed E-state index contributed by atoms with van der Waals surface area (Å²) >= 11 is 1.34. The minimum atomic E-state index is -0.187. The number of aromatic nitrogens is 3. The molecule has 6 heteroatoms. The van der Waals surface area contributed by atoms with E-state index in [-0.39, 0.29) is 5.56 Å². The second kappa shape index (κ2) is 5.72. The van der Waals surface area contributed by atoms with Crippen LogP contribution >= 0.6 is 11.3 Å². The number of fused-ring (bicyclic) bond motifs is 1. The average Bonchev–Trinajstić information content (AvgIpc) is 3.07. The second-order valence-electron chi connectivity index (χ2n) is 5.15. The molecule has 1 N–H and O–H groups in total. The van der Waals surface area contributed by atoms with Crippen LogP contribution in [-0.2, 0) is 0 Å². The Morgan fingerprint density at radius 2 is 2.08 bits per heavy atom. The van der Waals surface area contributed by atoms with Crippen LogP contribution in [0.3, 0.4) is 0 Å². The molecule has 0 saturated carbocycles. The van der Waals surface area contributed by atoms with Crippen LogP contribution in [0.25, 0.3) is 32.9 Å². The summed E-state index contributed by atoms with van der Waals surface area (Å²) in [5.74, 6) is 0.434. The van der Waals surface area contributed by atoms with Gasteiger partial charge in [0.2, 0.25) is 0 Å². The van der Waals surface area contributed by atoms with Crippen molar-refractivity contribution in [2.45, 2.75) is 0 Å². The van der Waals surface area contributed by atoms with Crippen molar-refractivity contribution in [1.82, 2.24) is 15.0 Å². The summed E-state index contributed by atoms with van der Waals surface area (Å²) in [6.07, 6.45) is 1.66. The maximum Gasteiger partial charge on any atom is 0.269 e. The van der Waals surface area contributed by atoms with Gasteiger partial charge in [-0.25, -0.2) is 4.98 Å². The monoisotopic (exact) mass is 330 g/mol. The lowest BCUT2D eigenvalue weighted by Gasteiger charge is -2.03. The Bertz CT molecular complexity index is 1140. The minimum absolute atomic E-state index is 0.187. The fourth-order valence-corrected chi connectivity index (χ4v) is 3.42. The van der Waals surface area contributed by atoms with Gasteiger partial charge >= 0.3 is 0 Å². The van der Waals surface area contributed by atoms with E-state index in [9.17, 15) is 4.79 Å². The summed E-state index contributed by atoms with van der Waals surface area (Å²) in [6, 6.07) is 14.9. The zero-order valence-corrected chi connectivity index (χ0v) is 13.2. The standard InChI is InChI=1S/C18H10N4OS/c19-9-11-4-3-5-12(8-11)13-10-24-16-15(13)21-17(22-18(16)23)14-6-1-2-7-20-14/h1-8,10H,(H,21,22,23). The van der Waals surface area contributed by atoms with Crippen LogP contribution < -0.4 is 5.56 Å². The van der Waals surface area contributed by atoms with Crippen molar-refractivity contribution in [3.63, 3.8) is 0 Å². The molecule has 0 saturated heterocycles. The van der Waals surface area contributed by atoms with Crippen LogP contribution in [-0.4, -0.2) is 15.0 Å². The molecule has 4 rings (SSSR count). The SMILES string of the molecule is N#Cc1cccc(-c2csc3c(=O)[nH]c(-c4ccccn4)nc23)c1. The lowest BCUT2D eigenvalue weighted by Crippen LogP contribution is -2.08. The van der Waals surface area contributed by atoms with E-state index in [2.05, 4.69) is 21.0 Å². The first-order valence-corrected chi connectivity index (χ1v) is 8.07. The number of benzene rings is 1. The first-order valence-electron chi connectivity index (χ1n) is 7.20. The van der Waals surface area contributed by atoms with Gasteiger partial charge in [-0.2, -0.15) is 5.26 Å². The zero-order chi connectivity index (χ0) is 16.5. The molecule has 0 amide bonds. The number of nitrogens with zero attached hydrogens (tertiary/aromatic N) is 3. The highest BCUT2D eigenvalue weighted by Gasteiger charge is 2.14. The van der Waals surface area contributed by atoms with E-state index in [1.54, 1.807) is 24.4 Å². The van der Waals surface area contributed by atoms with Gasteiger partial charge in [0.15, 0.2) is 5.82 Å². The molecule has 0 aliphatic heterocycles. The summed E-state index contributed by atoms with van der Waals surface area (Å²) in [5, 5.41) is 11.0. The Morgan fingerprint density at radius 1 is 1.17 bits per heavy atom. The van der Waals surface area contributed by atoms with Crippen molar-refractivity contribution in [2.24, 2.45) is 0 Å². The van der Waals surface area contributed by atoms with E-state index in [0.29, 0.717) is 27.3 Å². The quantitative estimate of drug-likeness (QED) is 0.609. The van der Waals surface area contributed by atoms with Gasteiger partial charge in [-0.05, 0) is 29.8 Å². The number of hydrogen-bond acceptors (Lipinski definition) is 5. The number of nitriles is 1. The molecule has 3 heterocycles. The summed E-state index contributed by atoms with van der Waals surface area (Å²) in [5.41, 5.74) is 3.33. The maximum atomic E-state index is 12.4. The van der Waals surface area contributed by atoms with Gasteiger partial charge in [0.1, 0.15) is 10.4 Å². The molecule has 0 unspecified atom stereocenters. The van der Waals surface area contributed by atoms with Crippen LogP contribution in [0.1, 0.15) is 5.56 Å². The Hall–Kier alpha value is -3.30. The first-order chi connectivity index (χ1) is 11.8. The number of aromatic amines is 1. The molecule has 0 aliphatic carbocycles. The highest BCUT2D eigenvalue weighted by atomic mass is 32.1. The molecule has 4 aromatic rings. The predicted octanol–water partition coefficient (Wildman–Crippen LogP) is 3.59. The third kappa shape index (κ3) is 2.37. The Labute approximate surface area is 140 Å². The zero-order valence-electron chi connectivity index (χ0n) is 12.4. The van der Waals surface area contributed by atoms with E-state index in [1.807, 2.05) is 29.6 Å². The number of hydrogen-bond donors (Lipinski definition) is 1. The maximum absolute atomic E-state index is 12.4. The van der Waals surface area contributed by atoms with Gasteiger partial charge in [-0.15, -0.1) is 11.3 Å². The lowest BCUT2D eigenvalue weighted by atomic mass is 10.1. The molecule has 0 radical (unpaired) electrons. The average molecular weight is 330 g/mol. The highest BCUT2D eigenvalue weighted by molar-refractivity contribution is 7.17. The molecular weight excluding hydrogens is 320 g/mol. The fraction of sp³-hybridized carbons (Fsp3) is 0. The molecular formula is C18H10N4OS. The van der Waals surface area contributed by atoms with Gasteiger partial charge in [0.25, 0.3) is 5.56 Å². The number of nitrogens with one attached hydrogen (secondary N) is 1. The molecule has 24 heavy (non-hydrogen) atoms. The molecule has 0 atom stereocenters. The number of pyridine rings is 1. The summed E-state index contributed by atoms with van der Waals surface area (Å²) in [4.78, 5) is 24.0. The highest BCUT2D eigenvalue weighted by Crippen LogP contribution is 2.32. The van der Waals surface area contributed by atoms with Crippen molar-refractivity contribution >= 4 is 21.6 Å². The normalized spacial score (nSPS) is 10.6. The van der Waals surface area contributed by atoms with Gasteiger partial charge in [0.05, 0.1) is 17.1 Å². The Kier molecular flexibility index (Phi) is 3.41.